The van der Waals surface area contributed by atoms with Gasteiger partial charge in [0.25, 0.3) is 15.9 Å². The third-order valence-corrected chi connectivity index (χ3v) is 7.20. The number of methoxy groups -OCH3 is 1. The highest BCUT2D eigenvalue weighted by Crippen LogP contribution is 2.38. The lowest BCUT2D eigenvalue weighted by Gasteiger charge is -2.35. The van der Waals surface area contributed by atoms with Gasteiger partial charge in [0.2, 0.25) is 0 Å². The highest BCUT2D eigenvalue weighted by atomic mass is 32.2. The van der Waals surface area contributed by atoms with Gasteiger partial charge >= 0.3 is 0 Å². The highest BCUT2D eigenvalue weighted by molar-refractivity contribution is 7.92. The SMILES string of the molecule is COc1ccc(S(=O)(=O)N2C[C@@H](C(=O)NCCOc3ccc(F)cc3)Oc3cc(C)ccc32)cc1. The summed E-state index contributed by atoms with van der Waals surface area (Å²) in [5, 5.41) is 2.71. The zero-order valence-corrected chi connectivity index (χ0v) is 20.0. The first-order chi connectivity index (χ1) is 16.8. The van der Waals surface area contributed by atoms with Crippen LogP contribution in [0.25, 0.3) is 0 Å². The molecule has 0 spiro atoms. The smallest absolute Gasteiger partial charge is 0.264 e. The van der Waals surface area contributed by atoms with E-state index in [9.17, 15) is 17.6 Å². The maximum Gasteiger partial charge on any atom is 0.264 e. The molecule has 0 fully saturated rings. The fraction of sp³-hybridized carbons (Fsp3) is 0.240. The topological polar surface area (TPSA) is 94.2 Å². The summed E-state index contributed by atoms with van der Waals surface area (Å²) >= 11 is 0. The van der Waals surface area contributed by atoms with Crippen molar-refractivity contribution < 1.29 is 31.8 Å². The van der Waals surface area contributed by atoms with Crippen LogP contribution in [-0.4, -0.2) is 47.2 Å². The van der Waals surface area contributed by atoms with Crippen molar-refractivity contribution in [2.45, 2.75) is 17.9 Å². The Morgan fingerprint density at radius 3 is 2.46 bits per heavy atom. The minimum absolute atomic E-state index is 0.0681. The molecular formula is C25H25FN2O6S. The number of fused-ring (bicyclic) bond motifs is 1. The molecule has 184 valence electrons. The van der Waals surface area contributed by atoms with E-state index in [-0.39, 0.29) is 30.4 Å². The molecule has 0 aromatic heterocycles. The molecule has 1 aliphatic heterocycles. The van der Waals surface area contributed by atoms with Crippen molar-refractivity contribution in [1.29, 1.82) is 0 Å². The number of benzene rings is 3. The lowest BCUT2D eigenvalue weighted by atomic mass is 10.1. The summed E-state index contributed by atoms with van der Waals surface area (Å²) < 4.78 is 57.7. The van der Waals surface area contributed by atoms with E-state index < -0.39 is 22.0 Å². The van der Waals surface area contributed by atoms with E-state index in [0.29, 0.717) is 22.9 Å². The van der Waals surface area contributed by atoms with Crippen molar-refractivity contribution in [3.63, 3.8) is 0 Å². The molecule has 8 nitrogen and oxygen atoms in total. The standard InChI is InChI=1S/C25H25FN2O6S/c1-17-3-12-22-23(15-17)34-24(25(29)27-13-14-33-20-6-4-18(26)5-7-20)16-28(22)35(30,31)21-10-8-19(32-2)9-11-21/h3-12,15,24H,13-14,16H2,1-2H3,(H,27,29)/t24-/m0/s1. The molecule has 35 heavy (non-hydrogen) atoms. The summed E-state index contributed by atoms with van der Waals surface area (Å²) in [4.78, 5) is 12.9. The maximum atomic E-state index is 13.5. The number of nitrogens with one attached hydrogen (secondary N) is 1. The van der Waals surface area contributed by atoms with Gasteiger partial charge in [0.05, 0.1) is 30.8 Å². The number of halogens is 1. The Morgan fingerprint density at radius 2 is 1.77 bits per heavy atom. The van der Waals surface area contributed by atoms with E-state index in [1.165, 1.54) is 47.8 Å². The van der Waals surface area contributed by atoms with E-state index in [1.807, 2.05) is 6.92 Å². The molecule has 0 unspecified atom stereocenters. The molecular weight excluding hydrogens is 475 g/mol. The summed E-state index contributed by atoms with van der Waals surface area (Å²) in [7, 11) is -2.48. The normalized spacial score (nSPS) is 15.1. The van der Waals surface area contributed by atoms with E-state index >= 15 is 0 Å². The van der Waals surface area contributed by atoms with Gasteiger partial charge in [0, 0.05) is 0 Å². The molecule has 1 atom stereocenters. The average Bonchev–Trinajstić information content (AvgIpc) is 2.86. The fourth-order valence-electron chi connectivity index (χ4n) is 3.59. The number of hydrogen-bond donors (Lipinski definition) is 1. The third kappa shape index (κ3) is 5.48. The number of aryl methyl sites for hydroxylation is 1. The molecule has 1 heterocycles. The first-order valence-electron chi connectivity index (χ1n) is 10.9. The van der Waals surface area contributed by atoms with Gasteiger partial charge in [-0.15, -0.1) is 0 Å². The predicted octanol–water partition coefficient (Wildman–Crippen LogP) is 3.29. The molecule has 0 saturated heterocycles. The van der Waals surface area contributed by atoms with E-state index in [0.717, 1.165) is 5.56 Å². The number of rotatable bonds is 8. The maximum absolute atomic E-state index is 13.5. The second-order valence-electron chi connectivity index (χ2n) is 7.88. The largest absolute Gasteiger partial charge is 0.497 e. The zero-order chi connectivity index (χ0) is 25.0. The van der Waals surface area contributed by atoms with E-state index in [4.69, 9.17) is 14.2 Å². The van der Waals surface area contributed by atoms with Crippen molar-refractivity contribution >= 4 is 21.6 Å². The number of carbonyl (C=O) groups is 1. The van der Waals surface area contributed by atoms with Gasteiger partial charge in [0.1, 0.15) is 29.7 Å². The van der Waals surface area contributed by atoms with Crippen molar-refractivity contribution in [3.05, 3.63) is 78.1 Å². The molecule has 0 radical (unpaired) electrons. The summed E-state index contributed by atoms with van der Waals surface area (Å²) in [6.45, 7) is 1.95. The Kier molecular flexibility index (Phi) is 7.11. The first kappa shape index (κ1) is 24.3. The molecule has 1 N–H and O–H groups in total. The highest BCUT2D eigenvalue weighted by Gasteiger charge is 2.37. The van der Waals surface area contributed by atoms with Gasteiger partial charge in [-0.3, -0.25) is 9.10 Å². The van der Waals surface area contributed by atoms with Crippen LogP contribution in [0.5, 0.6) is 17.2 Å². The van der Waals surface area contributed by atoms with E-state index in [1.54, 1.807) is 30.3 Å². The van der Waals surface area contributed by atoms with Crippen LogP contribution in [-0.2, 0) is 14.8 Å². The summed E-state index contributed by atoms with van der Waals surface area (Å²) in [6, 6.07) is 16.7. The Morgan fingerprint density at radius 1 is 1.09 bits per heavy atom. The number of sulfonamides is 1. The number of carbonyl (C=O) groups excluding carboxylic acids is 1. The zero-order valence-electron chi connectivity index (χ0n) is 19.2. The Hall–Kier alpha value is -3.79. The fourth-order valence-corrected chi connectivity index (χ4v) is 5.06. The number of anilines is 1. The van der Waals surface area contributed by atoms with Gasteiger partial charge in [-0.1, -0.05) is 6.07 Å². The summed E-state index contributed by atoms with van der Waals surface area (Å²) in [5.74, 6) is 0.452. The molecule has 0 saturated carbocycles. The monoisotopic (exact) mass is 500 g/mol. The Balaban J connectivity index is 1.49. The number of amides is 1. The van der Waals surface area contributed by atoms with Gasteiger partial charge in [0.15, 0.2) is 6.10 Å². The van der Waals surface area contributed by atoms with Crippen molar-refractivity contribution in [3.8, 4) is 17.2 Å². The first-order valence-corrected chi connectivity index (χ1v) is 12.3. The second kappa shape index (κ2) is 10.2. The van der Waals surface area contributed by atoms with Crippen LogP contribution < -0.4 is 23.8 Å². The average molecular weight is 501 g/mol. The molecule has 4 rings (SSSR count). The molecule has 10 heteroatoms. The quantitative estimate of drug-likeness (QED) is 0.477. The number of hydrogen-bond acceptors (Lipinski definition) is 6. The van der Waals surface area contributed by atoms with Gasteiger partial charge in [-0.2, -0.15) is 0 Å². The van der Waals surface area contributed by atoms with Crippen molar-refractivity contribution in [2.24, 2.45) is 0 Å². The molecule has 3 aromatic carbocycles. The van der Waals surface area contributed by atoms with Crippen LogP contribution in [0.1, 0.15) is 5.56 Å². The van der Waals surface area contributed by atoms with Crippen LogP contribution in [0, 0.1) is 12.7 Å². The van der Waals surface area contributed by atoms with Crippen molar-refractivity contribution in [1.82, 2.24) is 5.32 Å². The Bertz CT molecular complexity index is 1300. The van der Waals surface area contributed by atoms with Crippen LogP contribution >= 0.6 is 0 Å². The van der Waals surface area contributed by atoms with Crippen LogP contribution in [0.2, 0.25) is 0 Å². The predicted molar refractivity (Wildman–Crippen MR) is 128 cm³/mol. The number of ether oxygens (including phenoxy) is 3. The third-order valence-electron chi connectivity index (χ3n) is 5.41. The van der Waals surface area contributed by atoms with Crippen LogP contribution in [0.4, 0.5) is 10.1 Å². The van der Waals surface area contributed by atoms with Gasteiger partial charge in [-0.05, 0) is 73.2 Å². The minimum atomic E-state index is -3.98. The summed E-state index contributed by atoms with van der Waals surface area (Å²) in [5.41, 5.74) is 1.22. The van der Waals surface area contributed by atoms with E-state index in [2.05, 4.69) is 5.32 Å². The Labute approximate surface area is 203 Å². The van der Waals surface area contributed by atoms with Gasteiger partial charge in [-0.25, -0.2) is 12.8 Å². The van der Waals surface area contributed by atoms with Crippen molar-refractivity contribution in [2.75, 3.05) is 31.1 Å². The minimum Gasteiger partial charge on any atom is -0.497 e. The molecule has 0 bridgehead atoms. The molecule has 0 aliphatic carbocycles. The second-order valence-corrected chi connectivity index (χ2v) is 9.75. The molecule has 1 aliphatic rings. The van der Waals surface area contributed by atoms with Gasteiger partial charge < -0.3 is 19.5 Å². The molecule has 1 amide bonds. The lowest BCUT2D eigenvalue weighted by molar-refractivity contribution is -0.127. The molecule has 3 aromatic rings. The number of nitrogens with zero attached hydrogens (tertiary/aromatic N) is 1. The lowest BCUT2D eigenvalue weighted by Crippen LogP contribution is -2.51. The van der Waals surface area contributed by atoms with Crippen LogP contribution in [0.15, 0.2) is 71.6 Å². The van der Waals surface area contributed by atoms with Crippen LogP contribution in [0.3, 0.4) is 0 Å². The summed E-state index contributed by atoms with van der Waals surface area (Å²) in [6.07, 6.45) is -1.07.